The second kappa shape index (κ2) is 7.03. The van der Waals surface area contributed by atoms with Gasteiger partial charge < -0.3 is 16.1 Å². The zero-order valence-corrected chi connectivity index (χ0v) is 12.1. The van der Waals surface area contributed by atoms with Crippen LogP contribution in [0.15, 0.2) is 12.1 Å². The molecule has 1 saturated heterocycles. The van der Waals surface area contributed by atoms with Gasteiger partial charge in [-0.25, -0.2) is 10.8 Å². The van der Waals surface area contributed by atoms with Crippen LogP contribution in [0.3, 0.4) is 0 Å². The Morgan fingerprint density at radius 1 is 1.52 bits per heavy atom. The van der Waals surface area contributed by atoms with Crippen LogP contribution in [0.2, 0.25) is 0 Å². The lowest BCUT2D eigenvalue weighted by atomic mass is 10.1. The Morgan fingerprint density at radius 2 is 2.33 bits per heavy atom. The quantitative estimate of drug-likeness (QED) is 0.446. The number of nitrogens with two attached hydrogens (primary N) is 1. The lowest BCUT2D eigenvalue weighted by Crippen LogP contribution is -2.38. The number of carbonyl (C=O) groups excluding carboxylic acids is 2. The predicted molar refractivity (Wildman–Crippen MR) is 79.5 cm³/mol. The maximum absolute atomic E-state index is 12.2. The first-order chi connectivity index (χ1) is 10.1. The number of aryl methyl sites for hydroxylation is 1. The van der Waals surface area contributed by atoms with Crippen LogP contribution in [0.25, 0.3) is 0 Å². The Morgan fingerprint density at radius 3 is 2.95 bits per heavy atom. The van der Waals surface area contributed by atoms with Crippen molar-refractivity contribution in [1.29, 1.82) is 0 Å². The zero-order chi connectivity index (χ0) is 15.2. The lowest BCUT2D eigenvalue weighted by Gasteiger charge is -2.12. The molecular formula is C14H21N5O2. The summed E-state index contributed by atoms with van der Waals surface area (Å²) in [5.41, 5.74) is 3.82. The number of aromatic nitrogens is 1. The number of hydrazine groups is 1. The van der Waals surface area contributed by atoms with Crippen molar-refractivity contribution in [3.05, 3.63) is 23.4 Å². The van der Waals surface area contributed by atoms with Crippen LogP contribution in [-0.4, -0.2) is 29.4 Å². The molecule has 0 saturated carbocycles. The molecule has 0 aromatic carbocycles. The number of hydrogen-bond acceptors (Lipinski definition) is 5. The van der Waals surface area contributed by atoms with Crippen molar-refractivity contribution >= 4 is 17.6 Å². The summed E-state index contributed by atoms with van der Waals surface area (Å²) in [5.74, 6) is 5.71. The van der Waals surface area contributed by atoms with Crippen molar-refractivity contribution in [3.63, 3.8) is 0 Å². The molecule has 7 nitrogen and oxygen atoms in total. The van der Waals surface area contributed by atoms with Gasteiger partial charge in [-0.1, -0.05) is 13.3 Å². The SMILES string of the molecule is CCCc1cc(C(=O)NCC2CCC(=O)N2)cc(NN)n1. The van der Waals surface area contributed by atoms with E-state index in [1.165, 1.54) is 0 Å². The Balaban J connectivity index is 2.00. The number of pyridine rings is 1. The highest BCUT2D eigenvalue weighted by Crippen LogP contribution is 2.12. The first-order valence-electron chi connectivity index (χ1n) is 7.17. The first-order valence-corrected chi connectivity index (χ1v) is 7.17. The average molecular weight is 291 g/mol. The molecule has 0 spiro atoms. The van der Waals surface area contributed by atoms with Gasteiger partial charge in [0.05, 0.1) is 0 Å². The van der Waals surface area contributed by atoms with E-state index in [2.05, 4.69) is 21.0 Å². The molecule has 21 heavy (non-hydrogen) atoms. The van der Waals surface area contributed by atoms with Crippen LogP contribution in [0.1, 0.15) is 42.2 Å². The van der Waals surface area contributed by atoms with Gasteiger partial charge in [0.2, 0.25) is 5.91 Å². The second-order valence-corrected chi connectivity index (χ2v) is 5.14. The van der Waals surface area contributed by atoms with Crippen LogP contribution in [0.4, 0.5) is 5.82 Å². The van der Waals surface area contributed by atoms with E-state index in [1.807, 2.05) is 6.92 Å². The first kappa shape index (κ1) is 15.2. The molecule has 1 unspecified atom stereocenters. The molecule has 1 atom stereocenters. The van der Waals surface area contributed by atoms with Gasteiger partial charge in [-0.2, -0.15) is 0 Å². The molecule has 1 aliphatic rings. The summed E-state index contributed by atoms with van der Waals surface area (Å²) >= 11 is 0. The number of rotatable bonds is 6. The summed E-state index contributed by atoms with van der Waals surface area (Å²) < 4.78 is 0. The van der Waals surface area contributed by atoms with Crippen molar-refractivity contribution in [2.75, 3.05) is 12.0 Å². The zero-order valence-electron chi connectivity index (χ0n) is 12.1. The topological polar surface area (TPSA) is 109 Å². The predicted octanol–water partition coefficient (Wildman–Crippen LogP) is 0.328. The van der Waals surface area contributed by atoms with Gasteiger partial charge in [-0.3, -0.25) is 9.59 Å². The van der Waals surface area contributed by atoms with Crippen LogP contribution in [0.5, 0.6) is 0 Å². The number of amides is 2. The Bertz CT molecular complexity index is 532. The van der Waals surface area contributed by atoms with E-state index in [9.17, 15) is 9.59 Å². The molecule has 2 rings (SSSR count). The van der Waals surface area contributed by atoms with Crippen LogP contribution in [-0.2, 0) is 11.2 Å². The third-order valence-electron chi connectivity index (χ3n) is 3.39. The Labute approximate surface area is 123 Å². The molecule has 1 aliphatic heterocycles. The highest BCUT2D eigenvalue weighted by atomic mass is 16.2. The van der Waals surface area contributed by atoms with Gasteiger partial charge in [0.15, 0.2) is 0 Å². The van der Waals surface area contributed by atoms with Gasteiger partial charge in [0, 0.05) is 30.3 Å². The highest BCUT2D eigenvalue weighted by Gasteiger charge is 2.21. The third kappa shape index (κ3) is 4.16. The summed E-state index contributed by atoms with van der Waals surface area (Å²) in [7, 11) is 0. The number of nitrogens with zero attached hydrogens (tertiary/aromatic N) is 1. The van der Waals surface area contributed by atoms with E-state index in [-0.39, 0.29) is 17.9 Å². The molecule has 0 radical (unpaired) electrons. The lowest BCUT2D eigenvalue weighted by molar-refractivity contribution is -0.119. The van der Waals surface area contributed by atoms with E-state index in [1.54, 1.807) is 12.1 Å². The van der Waals surface area contributed by atoms with Gasteiger partial charge in [-0.15, -0.1) is 0 Å². The summed E-state index contributed by atoms with van der Waals surface area (Å²) in [6.07, 6.45) is 3.01. The molecule has 5 N–H and O–H groups in total. The molecule has 7 heteroatoms. The fourth-order valence-electron chi connectivity index (χ4n) is 2.33. The Kier molecular flexibility index (Phi) is 5.10. The molecule has 1 aromatic rings. The number of carbonyl (C=O) groups is 2. The molecular weight excluding hydrogens is 270 g/mol. The fourth-order valence-corrected chi connectivity index (χ4v) is 2.33. The summed E-state index contributed by atoms with van der Waals surface area (Å²) in [4.78, 5) is 27.6. The van der Waals surface area contributed by atoms with E-state index >= 15 is 0 Å². The molecule has 114 valence electrons. The smallest absolute Gasteiger partial charge is 0.251 e. The number of nitrogens with one attached hydrogen (secondary N) is 3. The van der Waals surface area contributed by atoms with Crippen molar-refractivity contribution in [2.45, 2.75) is 38.6 Å². The van der Waals surface area contributed by atoms with Crippen molar-refractivity contribution in [3.8, 4) is 0 Å². The van der Waals surface area contributed by atoms with E-state index in [4.69, 9.17) is 5.84 Å². The maximum Gasteiger partial charge on any atom is 0.251 e. The van der Waals surface area contributed by atoms with E-state index in [0.717, 1.165) is 25.0 Å². The van der Waals surface area contributed by atoms with Gasteiger partial charge in [0.1, 0.15) is 5.82 Å². The number of nitrogen functional groups attached to an aromatic ring is 1. The minimum Gasteiger partial charge on any atom is -0.352 e. The standard InChI is InChI=1S/C14H21N5O2/c1-2-3-10-6-9(7-12(17-10)19-15)14(21)16-8-11-4-5-13(20)18-11/h6-7,11H,2-5,8,15H2,1H3,(H,16,21)(H,17,19)(H,18,20). The summed E-state index contributed by atoms with van der Waals surface area (Å²) in [5, 5.41) is 5.65. The molecule has 1 fully saturated rings. The van der Waals surface area contributed by atoms with Gasteiger partial charge in [0.25, 0.3) is 5.91 Å². The van der Waals surface area contributed by atoms with E-state index < -0.39 is 0 Å². The normalized spacial score (nSPS) is 17.4. The highest BCUT2D eigenvalue weighted by molar-refractivity contribution is 5.95. The molecule has 0 bridgehead atoms. The van der Waals surface area contributed by atoms with Crippen molar-refractivity contribution in [2.24, 2.45) is 5.84 Å². The average Bonchev–Trinajstić information content (AvgIpc) is 2.90. The Hall–Kier alpha value is -2.15. The van der Waals surface area contributed by atoms with E-state index in [0.29, 0.717) is 24.3 Å². The second-order valence-electron chi connectivity index (χ2n) is 5.14. The van der Waals surface area contributed by atoms with Crippen LogP contribution in [0, 0.1) is 0 Å². The summed E-state index contributed by atoms with van der Waals surface area (Å²) in [6, 6.07) is 3.40. The van der Waals surface area contributed by atoms with Gasteiger partial charge in [-0.05, 0) is 25.0 Å². The van der Waals surface area contributed by atoms with Gasteiger partial charge >= 0.3 is 0 Å². The molecule has 2 heterocycles. The number of hydrogen-bond donors (Lipinski definition) is 4. The molecule has 0 aliphatic carbocycles. The fraction of sp³-hybridized carbons (Fsp3) is 0.500. The minimum absolute atomic E-state index is 0.0190. The maximum atomic E-state index is 12.2. The van der Waals surface area contributed by atoms with Crippen LogP contribution >= 0.6 is 0 Å². The number of anilines is 1. The minimum atomic E-state index is -0.188. The van der Waals surface area contributed by atoms with Crippen molar-refractivity contribution < 1.29 is 9.59 Å². The van der Waals surface area contributed by atoms with Crippen LogP contribution < -0.4 is 21.9 Å². The molecule has 2 amide bonds. The third-order valence-corrected chi connectivity index (χ3v) is 3.39. The summed E-state index contributed by atoms with van der Waals surface area (Å²) in [6.45, 7) is 2.48. The molecule has 1 aromatic heterocycles. The van der Waals surface area contributed by atoms with Crippen molar-refractivity contribution in [1.82, 2.24) is 15.6 Å². The largest absolute Gasteiger partial charge is 0.352 e. The monoisotopic (exact) mass is 291 g/mol.